The Morgan fingerprint density at radius 1 is 1.20 bits per heavy atom. The number of carbonyl (C=O) groups is 1. The molecule has 2 aromatic carbocycles. The van der Waals surface area contributed by atoms with Gasteiger partial charge in [0, 0.05) is 10.6 Å². The molecule has 2 rings (SSSR count). The Labute approximate surface area is 122 Å². The first kappa shape index (κ1) is 14.5. The van der Waals surface area contributed by atoms with Gasteiger partial charge in [0.25, 0.3) is 0 Å². The first-order valence-electron chi connectivity index (χ1n) is 6.31. The van der Waals surface area contributed by atoms with Gasteiger partial charge in [-0.15, -0.1) is 11.8 Å². The van der Waals surface area contributed by atoms with Gasteiger partial charge in [-0.05, 0) is 36.8 Å². The number of carboxylic acids is 1. The number of hydrogen-bond donors (Lipinski definition) is 1. The molecule has 0 fully saturated rings. The van der Waals surface area contributed by atoms with E-state index in [1.807, 2.05) is 12.1 Å². The number of ether oxygens (including phenoxy) is 1. The van der Waals surface area contributed by atoms with E-state index in [2.05, 4.69) is 19.1 Å². The van der Waals surface area contributed by atoms with Gasteiger partial charge in [-0.25, -0.2) is 4.79 Å². The van der Waals surface area contributed by atoms with Crippen LogP contribution in [-0.4, -0.2) is 23.4 Å². The maximum absolute atomic E-state index is 10.8. The zero-order valence-electron chi connectivity index (χ0n) is 11.2. The molecule has 0 atom stereocenters. The van der Waals surface area contributed by atoms with E-state index in [1.165, 1.54) is 10.5 Å². The molecule has 0 unspecified atom stereocenters. The first-order valence-corrected chi connectivity index (χ1v) is 7.30. The quantitative estimate of drug-likeness (QED) is 0.647. The number of hydrogen-bond acceptors (Lipinski definition) is 3. The monoisotopic (exact) mass is 288 g/mol. The van der Waals surface area contributed by atoms with Gasteiger partial charge in [0.2, 0.25) is 0 Å². The Morgan fingerprint density at radius 2 is 2.00 bits per heavy atom. The minimum absolute atomic E-state index is 0.244. The fraction of sp³-hybridized carbons (Fsp3) is 0.188. The lowest BCUT2D eigenvalue weighted by Gasteiger charge is -2.08. The van der Waals surface area contributed by atoms with Crippen molar-refractivity contribution in [1.82, 2.24) is 0 Å². The molecule has 0 saturated heterocycles. The van der Waals surface area contributed by atoms with E-state index >= 15 is 0 Å². The van der Waals surface area contributed by atoms with Gasteiger partial charge in [0.1, 0.15) is 5.75 Å². The van der Waals surface area contributed by atoms with Crippen LogP contribution in [0.25, 0.3) is 0 Å². The Bertz CT molecular complexity index is 596. The number of aryl methyl sites for hydroxylation is 1. The molecule has 2 aromatic rings. The third-order valence-corrected chi connectivity index (χ3v) is 3.92. The number of benzene rings is 2. The largest absolute Gasteiger partial charge is 0.493 e. The Morgan fingerprint density at radius 3 is 2.75 bits per heavy atom. The standard InChI is InChI=1S/C16H16O3S/c1-12-5-2-3-8-15(12)20-10-9-19-14-7-4-6-13(11-14)16(17)18/h2-8,11H,9-10H2,1H3,(H,17,18). The van der Waals surface area contributed by atoms with Gasteiger partial charge in [0.05, 0.1) is 12.2 Å². The lowest BCUT2D eigenvalue weighted by atomic mass is 10.2. The van der Waals surface area contributed by atoms with E-state index < -0.39 is 5.97 Å². The van der Waals surface area contributed by atoms with Crippen LogP contribution in [0.15, 0.2) is 53.4 Å². The predicted molar refractivity (Wildman–Crippen MR) is 80.8 cm³/mol. The van der Waals surface area contributed by atoms with Gasteiger partial charge in [-0.1, -0.05) is 24.3 Å². The molecule has 20 heavy (non-hydrogen) atoms. The van der Waals surface area contributed by atoms with Crippen LogP contribution >= 0.6 is 11.8 Å². The van der Waals surface area contributed by atoms with Crippen molar-refractivity contribution in [3.8, 4) is 5.75 Å². The normalized spacial score (nSPS) is 10.2. The van der Waals surface area contributed by atoms with Crippen LogP contribution in [0.1, 0.15) is 15.9 Å². The van der Waals surface area contributed by atoms with Crippen molar-refractivity contribution in [2.75, 3.05) is 12.4 Å². The number of thioether (sulfide) groups is 1. The molecule has 0 bridgehead atoms. The summed E-state index contributed by atoms with van der Waals surface area (Å²) >= 11 is 1.74. The van der Waals surface area contributed by atoms with Crippen molar-refractivity contribution in [3.05, 3.63) is 59.7 Å². The molecule has 104 valence electrons. The van der Waals surface area contributed by atoms with Gasteiger partial charge in [-0.3, -0.25) is 0 Å². The van der Waals surface area contributed by atoms with E-state index in [0.717, 1.165) is 5.75 Å². The summed E-state index contributed by atoms with van der Waals surface area (Å²) in [6, 6.07) is 14.8. The lowest BCUT2D eigenvalue weighted by molar-refractivity contribution is 0.0696. The Kier molecular flexibility index (Phi) is 5.07. The van der Waals surface area contributed by atoms with E-state index in [-0.39, 0.29) is 5.56 Å². The van der Waals surface area contributed by atoms with E-state index in [9.17, 15) is 4.79 Å². The third-order valence-electron chi connectivity index (χ3n) is 2.78. The topological polar surface area (TPSA) is 46.5 Å². The lowest BCUT2D eigenvalue weighted by Crippen LogP contribution is -2.02. The Balaban J connectivity index is 1.83. The zero-order valence-corrected chi connectivity index (χ0v) is 12.0. The van der Waals surface area contributed by atoms with Crippen LogP contribution in [0.2, 0.25) is 0 Å². The molecule has 0 aliphatic heterocycles. The summed E-state index contributed by atoms with van der Waals surface area (Å²) in [4.78, 5) is 12.1. The summed E-state index contributed by atoms with van der Waals surface area (Å²) in [5.41, 5.74) is 1.50. The molecular formula is C16H16O3S. The van der Waals surface area contributed by atoms with E-state index in [1.54, 1.807) is 36.0 Å². The van der Waals surface area contributed by atoms with Crippen molar-refractivity contribution in [2.24, 2.45) is 0 Å². The summed E-state index contributed by atoms with van der Waals surface area (Å²) in [5, 5.41) is 8.90. The van der Waals surface area contributed by atoms with E-state index in [0.29, 0.717) is 12.4 Å². The van der Waals surface area contributed by atoms with Crippen LogP contribution in [0.3, 0.4) is 0 Å². The molecule has 0 aliphatic carbocycles. The molecule has 3 nitrogen and oxygen atoms in total. The first-order chi connectivity index (χ1) is 9.66. The maximum Gasteiger partial charge on any atom is 0.335 e. The van der Waals surface area contributed by atoms with E-state index in [4.69, 9.17) is 9.84 Å². The van der Waals surface area contributed by atoms with Crippen LogP contribution < -0.4 is 4.74 Å². The highest BCUT2D eigenvalue weighted by Crippen LogP contribution is 2.22. The summed E-state index contributed by atoms with van der Waals surface area (Å²) < 4.78 is 5.57. The average Bonchev–Trinajstić information content (AvgIpc) is 2.45. The summed E-state index contributed by atoms with van der Waals surface area (Å²) in [7, 11) is 0. The third kappa shape index (κ3) is 4.03. The van der Waals surface area contributed by atoms with Crippen LogP contribution in [0, 0.1) is 6.92 Å². The van der Waals surface area contributed by atoms with Crippen molar-refractivity contribution >= 4 is 17.7 Å². The highest BCUT2D eigenvalue weighted by atomic mass is 32.2. The second-order valence-electron chi connectivity index (χ2n) is 4.30. The highest BCUT2D eigenvalue weighted by molar-refractivity contribution is 7.99. The van der Waals surface area contributed by atoms with Gasteiger partial charge < -0.3 is 9.84 Å². The molecule has 4 heteroatoms. The molecule has 0 spiro atoms. The minimum atomic E-state index is -0.940. The SMILES string of the molecule is Cc1ccccc1SCCOc1cccc(C(=O)O)c1. The summed E-state index contributed by atoms with van der Waals surface area (Å²) in [6.45, 7) is 2.63. The van der Waals surface area contributed by atoms with Crippen molar-refractivity contribution in [1.29, 1.82) is 0 Å². The summed E-state index contributed by atoms with van der Waals surface area (Å²) in [5.74, 6) is 0.474. The van der Waals surface area contributed by atoms with Gasteiger partial charge in [-0.2, -0.15) is 0 Å². The molecule has 0 saturated carbocycles. The molecular weight excluding hydrogens is 272 g/mol. The molecule has 0 aromatic heterocycles. The number of carboxylic acid groups (broad SMARTS) is 1. The fourth-order valence-electron chi connectivity index (χ4n) is 1.75. The molecule has 0 radical (unpaired) electrons. The van der Waals surface area contributed by atoms with Gasteiger partial charge >= 0.3 is 5.97 Å². The second-order valence-corrected chi connectivity index (χ2v) is 5.43. The van der Waals surface area contributed by atoms with Gasteiger partial charge in [0.15, 0.2) is 0 Å². The maximum atomic E-state index is 10.8. The summed E-state index contributed by atoms with van der Waals surface area (Å²) in [6.07, 6.45) is 0. The predicted octanol–water partition coefficient (Wildman–Crippen LogP) is 3.86. The molecule has 0 aliphatic rings. The molecule has 0 heterocycles. The Hall–Kier alpha value is -1.94. The second kappa shape index (κ2) is 7.01. The van der Waals surface area contributed by atoms with Crippen molar-refractivity contribution in [2.45, 2.75) is 11.8 Å². The van der Waals surface area contributed by atoms with Crippen molar-refractivity contribution in [3.63, 3.8) is 0 Å². The van der Waals surface area contributed by atoms with Crippen LogP contribution in [0.5, 0.6) is 5.75 Å². The number of rotatable bonds is 6. The van der Waals surface area contributed by atoms with Crippen LogP contribution in [-0.2, 0) is 0 Å². The van der Waals surface area contributed by atoms with Crippen LogP contribution in [0.4, 0.5) is 0 Å². The average molecular weight is 288 g/mol. The van der Waals surface area contributed by atoms with Crippen molar-refractivity contribution < 1.29 is 14.6 Å². The fourth-order valence-corrected chi connectivity index (χ4v) is 2.61. The smallest absolute Gasteiger partial charge is 0.335 e. The zero-order chi connectivity index (χ0) is 14.4. The number of aromatic carboxylic acids is 1. The minimum Gasteiger partial charge on any atom is -0.493 e. The highest BCUT2D eigenvalue weighted by Gasteiger charge is 2.04. The molecule has 0 amide bonds. The molecule has 1 N–H and O–H groups in total.